The average Bonchev–Trinajstić information content (AvgIpc) is 3.15. The number of benzene rings is 2. The fraction of sp³-hybridized carbons (Fsp3) is 0.500. The lowest BCUT2D eigenvalue weighted by Gasteiger charge is -2.26. The number of rotatable bonds is 6. The Morgan fingerprint density at radius 1 is 1.17 bits per heavy atom. The number of halogens is 1. The molecule has 1 unspecified atom stereocenters. The summed E-state index contributed by atoms with van der Waals surface area (Å²) in [6.07, 6.45) is 6.05. The molecule has 0 bridgehead atoms. The van der Waals surface area contributed by atoms with Gasteiger partial charge in [0.15, 0.2) is 0 Å². The molecule has 2 aromatic carbocycles. The summed E-state index contributed by atoms with van der Waals surface area (Å²) in [6, 6.07) is 12.5. The van der Waals surface area contributed by atoms with E-state index in [4.69, 9.17) is 26.8 Å². The highest BCUT2D eigenvalue weighted by molar-refractivity contribution is 6.33. The predicted octanol–water partition coefficient (Wildman–Crippen LogP) is 4.49. The molecular formula is C24H30ClNO3. The molecular weight excluding hydrogens is 386 g/mol. The summed E-state index contributed by atoms with van der Waals surface area (Å²) in [4.78, 5) is 0. The van der Waals surface area contributed by atoms with E-state index in [0.717, 1.165) is 38.5 Å². The summed E-state index contributed by atoms with van der Waals surface area (Å²) in [6.45, 7) is 0.732. The minimum atomic E-state index is -0.398. The SMILES string of the molecule is COc1cccc(OCC2CCc3cc([C@H]4CC[C@](N)(CO)C4)ccc3C2)c1Cl. The van der Waals surface area contributed by atoms with Crippen molar-refractivity contribution < 1.29 is 14.6 Å². The minimum absolute atomic E-state index is 0.0768. The zero-order valence-corrected chi connectivity index (χ0v) is 17.8. The highest BCUT2D eigenvalue weighted by Crippen LogP contribution is 2.41. The van der Waals surface area contributed by atoms with Gasteiger partial charge in [-0.05, 0) is 79.2 Å². The normalized spacial score (nSPS) is 26.2. The number of fused-ring (bicyclic) bond motifs is 1. The summed E-state index contributed by atoms with van der Waals surface area (Å²) >= 11 is 6.34. The molecule has 156 valence electrons. The van der Waals surface area contributed by atoms with Gasteiger partial charge in [-0.3, -0.25) is 0 Å². The van der Waals surface area contributed by atoms with E-state index in [9.17, 15) is 5.11 Å². The number of ether oxygens (including phenoxy) is 2. The summed E-state index contributed by atoms with van der Waals surface area (Å²) in [5.74, 6) is 2.27. The zero-order chi connectivity index (χ0) is 20.4. The van der Waals surface area contributed by atoms with E-state index in [1.54, 1.807) is 7.11 Å². The Labute approximate surface area is 178 Å². The molecule has 29 heavy (non-hydrogen) atoms. The van der Waals surface area contributed by atoms with Gasteiger partial charge in [0, 0.05) is 5.54 Å². The van der Waals surface area contributed by atoms with Crippen molar-refractivity contribution in [3.63, 3.8) is 0 Å². The van der Waals surface area contributed by atoms with Crippen LogP contribution < -0.4 is 15.2 Å². The monoisotopic (exact) mass is 415 g/mol. The lowest BCUT2D eigenvalue weighted by Crippen LogP contribution is -2.40. The van der Waals surface area contributed by atoms with Gasteiger partial charge in [0.2, 0.25) is 0 Å². The van der Waals surface area contributed by atoms with Crippen LogP contribution >= 0.6 is 11.6 Å². The Hall–Kier alpha value is -1.75. The number of hydrogen-bond donors (Lipinski definition) is 2. The van der Waals surface area contributed by atoms with Crippen LogP contribution in [0.1, 0.15) is 48.3 Å². The molecule has 5 heteroatoms. The van der Waals surface area contributed by atoms with Gasteiger partial charge in [-0.2, -0.15) is 0 Å². The van der Waals surface area contributed by atoms with E-state index in [1.165, 1.54) is 16.7 Å². The molecule has 2 aliphatic carbocycles. The smallest absolute Gasteiger partial charge is 0.141 e. The van der Waals surface area contributed by atoms with Crippen molar-refractivity contribution in [2.75, 3.05) is 20.3 Å². The number of hydrogen-bond acceptors (Lipinski definition) is 4. The number of aliphatic hydroxyl groups is 1. The lowest BCUT2D eigenvalue weighted by molar-refractivity contribution is 0.198. The Balaban J connectivity index is 1.38. The first-order valence-electron chi connectivity index (χ1n) is 10.5. The van der Waals surface area contributed by atoms with Gasteiger partial charge < -0.3 is 20.3 Å². The van der Waals surface area contributed by atoms with Crippen LogP contribution in [0.4, 0.5) is 0 Å². The molecule has 0 spiro atoms. The minimum Gasteiger partial charge on any atom is -0.495 e. The summed E-state index contributed by atoms with van der Waals surface area (Å²) in [5, 5.41) is 10.1. The quantitative estimate of drug-likeness (QED) is 0.729. The molecule has 1 saturated carbocycles. The van der Waals surface area contributed by atoms with Crippen molar-refractivity contribution in [2.24, 2.45) is 11.7 Å². The van der Waals surface area contributed by atoms with Gasteiger partial charge >= 0.3 is 0 Å². The van der Waals surface area contributed by atoms with E-state index in [1.807, 2.05) is 18.2 Å². The van der Waals surface area contributed by atoms with Gasteiger partial charge in [0.1, 0.15) is 16.5 Å². The molecule has 1 fully saturated rings. The Bertz CT molecular complexity index is 871. The first-order valence-corrected chi connectivity index (χ1v) is 10.9. The average molecular weight is 416 g/mol. The third-order valence-electron chi connectivity index (χ3n) is 6.61. The Kier molecular flexibility index (Phi) is 6.05. The molecule has 4 nitrogen and oxygen atoms in total. The Morgan fingerprint density at radius 3 is 2.76 bits per heavy atom. The first kappa shape index (κ1) is 20.5. The first-order chi connectivity index (χ1) is 14.0. The molecule has 0 aliphatic heterocycles. The van der Waals surface area contributed by atoms with Crippen molar-refractivity contribution in [3.05, 3.63) is 58.1 Å². The van der Waals surface area contributed by atoms with E-state index >= 15 is 0 Å². The van der Waals surface area contributed by atoms with Crippen molar-refractivity contribution in [2.45, 2.75) is 50.0 Å². The van der Waals surface area contributed by atoms with Crippen molar-refractivity contribution in [3.8, 4) is 11.5 Å². The molecule has 3 atom stereocenters. The molecule has 0 radical (unpaired) electrons. The van der Waals surface area contributed by atoms with Crippen LogP contribution in [0.25, 0.3) is 0 Å². The number of nitrogens with two attached hydrogens (primary N) is 1. The summed E-state index contributed by atoms with van der Waals surface area (Å²) in [5.41, 5.74) is 10.1. The van der Waals surface area contributed by atoms with Crippen molar-refractivity contribution >= 4 is 11.6 Å². The highest BCUT2D eigenvalue weighted by Gasteiger charge is 2.36. The molecule has 0 amide bonds. The topological polar surface area (TPSA) is 64.7 Å². The van der Waals surface area contributed by atoms with E-state index in [-0.39, 0.29) is 6.61 Å². The fourth-order valence-electron chi connectivity index (χ4n) is 4.80. The maximum absolute atomic E-state index is 9.54. The van der Waals surface area contributed by atoms with Gasteiger partial charge in [-0.15, -0.1) is 0 Å². The van der Waals surface area contributed by atoms with Crippen LogP contribution in [0.3, 0.4) is 0 Å². The third-order valence-corrected chi connectivity index (χ3v) is 6.99. The largest absolute Gasteiger partial charge is 0.495 e. The zero-order valence-electron chi connectivity index (χ0n) is 17.0. The maximum atomic E-state index is 9.54. The molecule has 0 aromatic heterocycles. The van der Waals surface area contributed by atoms with Gasteiger partial charge in [0.05, 0.1) is 20.3 Å². The molecule has 0 saturated heterocycles. The van der Waals surface area contributed by atoms with Crippen LogP contribution in [0.15, 0.2) is 36.4 Å². The molecule has 2 aromatic rings. The Morgan fingerprint density at radius 2 is 2.00 bits per heavy atom. The van der Waals surface area contributed by atoms with Crippen LogP contribution in [-0.4, -0.2) is 31.0 Å². The summed E-state index contributed by atoms with van der Waals surface area (Å²) < 4.78 is 11.3. The van der Waals surface area contributed by atoms with Crippen LogP contribution in [0.2, 0.25) is 5.02 Å². The van der Waals surface area contributed by atoms with E-state index < -0.39 is 5.54 Å². The number of aryl methyl sites for hydroxylation is 1. The van der Waals surface area contributed by atoms with E-state index in [0.29, 0.717) is 35.0 Å². The second-order valence-corrected chi connectivity index (χ2v) is 9.06. The van der Waals surface area contributed by atoms with Crippen molar-refractivity contribution in [1.29, 1.82) is 0 Å². The fourth-order valence-corrected chi connectivity index (χ4v) is 5.06. The maximum Gasteiger partial charge on any atom is 0.141 e. The van der Waals surface area contributed by atoms with Crippen LogP contribution in [0.5, 0.6) is 11.5 Å². The highest BCUT2D eigenvalue weighted by atomic mass is 35.5. The lowest BCUT2D eigenvalue weighted by atomic mass is 9.82. The third kappa shape index (κ3) is 4.40. The molecule has 0 heterocycles. The predicted molar refractivity (Wildman–Crippen MR) is 116 cm³/mol. The summed E-state index contributed by atoms with van der Waals surface area (Å²) in [7, 11) is 1.61. The number of methoxy groups -OCH3 is 1. The van der Waals surface area contributed by atoms with Gasteiger partial charge in [-0.25, -0.2) is 0 Å². The second kappa shape index (κ2) is 8.55. The van der Waals surface area contributed by atoms with E-state index in [2.05, 4.69) is 18.2 Å². The van der Waals surface area contributed by atoms with Gasteiger partial charge in [0.25, 0.3) is 0 Å². The number of aliphatic hydroxyl groups excluding tert-OH is 1. The standard InChI is InChI=1S/C24H30ClNO3/c1-28-21-3-2-4-22(23(21)25)29-14-16-5-6-18-12-19(8-7-17(18)11-16)20-9-10-24(26,13-20)15-27/h2-4,7-8,12,16,20,27H,5-6,9-11,13-15,26H2,1H3/t16?,20-,24+/m0/s1. The molecule has 4 rings (SSSR count). The van der Waals surface area contributed by atoms with Crippen LogP contribution in [0, 0.1) is 5.92 Å². The second-order valence-electron chi connectivity index (χ2n) is 8.68. The van der Waals surface area contributed by atoms with Crippen molar-refractivity contribution in [1.82, 2.24) is 0 Å². The molecule has 3 N–H and O–H groups in total. The van der Waals surface area contributed by atoms with Gasteiger partial charge in [-0.1, -0.05) is 35.9 Å². The molecule has 2 aliphatic rings. The van der Waals surface area contributed by atoms with Crippen LogP contribution in [-0.2, 0) is 12.8 Å².